The van der Waals surface area contributed by atoms with Gasteiger partial charge >= 0.3 is 0 Å². The molecule has 168 valence electrons. The minimum Gasteiger partial charge on any atom is -0.504 e. The van der Waals surface area contributed by atoms with Crippen molar-refractivity contribution in [3.8, 4) is 11.5 Å². The van der Waals surface area contributed by atoms with Crippen molar-refractivity contribution < 1.29 is 23.5 Å². The van der Waals surface area contributed by atoms with Crippen LogP contribution < -0.4 is 10.2 Å². The molecule has 0 bridgehead atoms. The lowest BCUT2D eigenvalue weighted by molar-refractivity contribution is 0.0701. The van der Waals surface area contributed by atoms with E-state index in [0.717, 1.165) is 11.1 Å². The molecule has 0 aliphatic carbocycles. The summed E-state index contributed by atoms with van der Waals surface area (Å²) >= 11 is 0. The number of hydrogen-bond donors (Lipinski definition) is 1. The van der Waals surface area contributed by atoms with Gasteiger partial charge in [0.25, 0.3) is 5.91 Å². The number of benzene rings is 2. The van der Waals surface area contributed by atoms with Gasteiger partial charge in [-0.15, -0.1) is 0 Å². The number of amides is 1. The van der Waals surface area contributed by atoms with Crippen LogP contribution >= 0.6 is 0 Å². The maximum atomic E-state index is 13.8. The number of aromatic hydroxyl groups is 1. The topological polar surface area (TPSA) is 93.1 Å². The Labute approximate surface area is 189 Å². The summed E-state index contributed by atoms with van der Waals surface area (Å²) < 4.78 is 17.1. The van der Waals surface area contributed by atoms with Crippen molar-refractivity contribution in [2.75, 3.05) is 6.61 Å². The summed E-state index contributed by atoms with van der Waals surface area (Å²) in [6.07, 6.45) is 1.54. The predicted molar refractivity (Wildman–Crippen MR) is 122 cm³/mol. The Morgan fingerprint density at radius 1 is 1.12 bits per heavy atom. The largest absolute Gasteiger partial charge is 0.504 e. The highest BCUT2D eigenvalue weighted by Gasteiger charge is 2.43. The highest BCUT2D eigenvalue weighted by molar-refractivity contribution is 5.99. The van der Waals surface area contributed by atoms with Crippen molar-refractivity contribution >= 4 is 16.9 Å². The number of aryl methyl sites for hydroxylation is 2. The molecular weight excluding hydrogens is 422 g/mol. The Hall–Kier alpha value is -4.00. The summed E-state index contributed by atoms with van der Waals surface area (Å²) in [4.78, 5) is 28.8. The summed E-state index contributed by atoms with van der Waals surface area (Å²) in [5.74, 6) is 0.482. The van der Waals surface area contributed by atoms with Gasteiger partial charge < -0.3 is 23.6 Å². The molecule has 1 amide bonds. The van der Waals surface area contributed by atoms with Crippen LogP contribution in [0.25, 0.3) is 11.0 Å². The minimum absolute atomic E-state index is 0.0143. The van der Waals surface area contributed by atoms with Crippen LogP contribution in [0.15, 0.2) is 62.4 Å². The number of rotatable bonds is 5. The van der Waals surface area contributed by atoms with Crippen molar-refractivity contribution in [2.24, 2.45) is 0 Å². The lowest BCUT2D eigenvalue weighted by Gasteiger charge is -2.24. The van der Waals surface area contributed by atoms with Crippen LogP contribution in [0, 0.1) is 13.8 Å². The first-order chi connectivity index (χ1) is 15.9. The number of furan rings is 1. The van der Waals surface area contributed by atoms with Crippen molar-refractivity contribution in [3.05, 3.63) is 92.7 Å². The zero-order valence-corrected chi connectivity index (χ0v) is 18.5. The van der Waals surface area contributed by atoms with Gasteiger partial charge in [0.15, 0.2) is 16.9 Å². The molecule has 7 heteroatoms. The number of phenolic OH excluding ortho intramolecular Hbond substituents is 1. The minimum atomic E-state index is -0.723. The first-order valence-electron chi connectivity index (χ1n) is 10.8. The Morgan fingerprint density at radius 3 is 2.67 bits per heavy atom. The molecule has 3 heterocycles. The van der Waals surface area contributed by atoms with Gasteiger partial charge in [-0.2, -0.15) is 0 Å². The van der Waals surface area contributed by atoms with Crippen LogP contribution in [0.5, 0.6) is 11.5 Å². The highest BCUT2D eigenvalue weighted by Crippen LogP contribution is 2.41. The van der Waals surface area contributed by atoms with Gasteiger partial charge in [0.1, 0.15) is 11.3 Å². The average molecular weight is 445 g/mol. The number of hydrogen-bond acceptors (Lipinski definition) is 6. The lowest BCUT2D eigenvalue weighted by Crippen LogP contribution is -2.29. The van der Waals surface area contributed by atoms with E-state index in [9.17, 15) is 14.7 Å². The Balaban J connectivity index is 1.76. The smallest absolute Gasteiger partial charge is 0.291 e. The molecule has 2 aromatic carbocycles. The molecule has 7 nitrogen and oxygen atoms in total. The third-order valence-electron chi connectivity index (χ3n) is 5.92. The van der Waals surface area contributed by atoms with Gasteiger partial charge in [-0.3, -0.25) is 9.59 Å². The van der Waals surface area contributed by atoms with Gasteiger partial charge in [0, 0.05) is 0 Å². The molecular formula is C26H23NO6. The zero-order chi connectivity index (χ0) is 23.3. The molecule has 33 heavy (non-hydrogen) atoms. The van der Waals surface area contributed by atoms with E-state index in [1.807, 2.05) is 26.8 Å². The third kappa shape index (κ3) is 3.36. The molecule has 2 aromatic heterocycles. The number of carbonyl (C=O) groups is 1. The fourth-order valence-electron chi connectivity index (χ4n) is 4.57. The summed E-state index contributed by atoms with van der Waals surface area (Å²) in [5.41, 5.74) is 2.79. The molecule has 1 unspecified atom stereocenters. The first kappa shape index (κ1) is 20.9. The highest BCUT2D eigenvalue weighted by atomic mass is 16.5. The SMILES string of the molecule is CCOc1cc(C2c3c(oc4cc(C)cc(C)c4c3=O)C(=O)N2Cc2ccco2)ccc1O. The van der Waals surface area contributed by atoms with E-state index >= 15 is 0 Å². The van der Waals surface area contributed by atoms with Crippen LogP contribution in [0.3, 0.4) is 0 Å². The van der Waals surface area contributed by atoms with Crippen molar-refractivity contribution in [1.82, 2.24) is 4.90 Å². The van der Waals surface area contributed by atoms with E-state index in [1.165, 1.54) is 12.3 Å². The molecule has 0 spiro atoms. The molecule has 0 radical (unpaired) electrons. The fourth-order valence-corrected chi connectivity index (χ4v) is 4.57. The van der Waals surface area contributed by atoms with Crippen molar-refractivity contribution in [3.63, 3.8) is 0 Å². The van der Waals surface area contributed by atoms with Crippen molar-refractivity contribution in [2.45, 2.75) is 33.4 Å². The molecule has 5 rings (SSSR count). The monoisotopic (exact) mass is 445 g/mol. The van der Waals surface area contributed by atoms with E-state index in [-0.39, 0.29) is 34.8 Å². The van der Waals surface area contributed by atoms with Crippen LogP contribution in [-0.4, -0.2) is 22.5 Å². The lowest BCUT2D eigenvalue weighted by atomic mass is 9.96. The van der Waals surface area contributed by atoms with E-state index in [1.54, 1.807) is 35.2 Å². The van der Waals surface area contributed by atoms with E-state index in [4.69, 9.17) is 13.6 Å². The Morgan fingerprint density at radius 2 is 1.94 bits per heavy atom. The number of ether oxygens (including phenoxy) is 1. The molecule has 1 aliphatic heterocycles. The van der Waals surface area contributed by atoms with Gasteiger partial charge in [-0.25, -0.2) is 0 Å². The number of phenols is 1. The summed E-state index contributed by atoms with van der Waals surface area (Å²) in [6.45, 7) is 6.10. The number of carbonyl (C=O) groups excluding carboxylic acids is 1. The normalized spacial score (nSPS) is 15.3. The van der Waals surface area contributed by atoms with Crippen LogP contribution in [-0.2, 0) is 6.54 Å². The molecule has 0 saturated heterocycles. The van der Waals surface area contributed by atoms with Gasteiger partial charge in [-0.05, 0) is 67.8 Å². The quantitative estimate of drug-likeness (QED) is 0.472. The van der Waals surface area contributed by atoms with Crippen molar-refractivity contribution in [1.29, 1.82) is 0 Å². The summed E-state index contributed by atoms with van der Waals surface area (Å²) in [5, 5.41) is 10.6. The van der Waals surface area contributed by atoms with E-state index in [0.29, 0.717) is 28.9 Å². The summed E-state index contributed by atoms with van der Waals surface area (Å²) in [7, 11) is 0. The fraction of sp³-hybridized carbons (Fsp3) is 0.231. The number of nitrogens with zero attached hydrogens (tertiary/aromatic N) is 1. The van der Waals surface area contributed by atoms with Gasteiger partial charge in [-0.1, -0.05) is 12.1 Å². The molecule has 1 atom stereocenters. The van der Waals surface area contributed by atoms with Crippen LogP contribution in [0.1, 0.15) is 51.5 Å². The van der Waals surface area contributed by atoms with Crippen LogP contribution in [0.2, 0.25) is 0 Å². The Bertz CT molecular complexity index is 1430. The molecule has 1 aliphatic rings. The van der Waals surface area contributed by atoms with Crippen LogP contribution in [0.4, 0.5) is 0 Å². The summed E-state index contributed by atoms with van der Waals surface area (Å²) in [6, 6.07) is 11.3. The predicted octanol–water partition coefficient (Wildman–Crippen LogP) is 4.85. The second-order valence-electron chi connectivity index (χ2n) is 8.20. The maximum absolute atomic E-state index is 13.8. The van der Waals surface area contributed by atoms with Gasteiger partial charge in [0.2, 0.25) is 5.76 Å². The average Bonchev–Trinajstić information content (AvgIpc) is 3.37. The maximum Gasteiger partial charge on any atom is 0.291 e. The molecule has 1 N–H and O–H groups in total. The molecule has 0 saturated carbocycles. The standard InChI is InChI=1S/C26H23NO6/c1-4-31-19-12-16(7-8-18(19)28)23-22-24(29)21-15(3)10-14(2)11-20(21)33-25(22)26(30)27(23)13-17-6-5-9-32-17/h5-12,23,28H,4,13H2,1-3H3. The second kappa shape index (κ2) is 7.85. The van der Waals surface area contributed by atoms with Gasteiger partial charge in [0.05, 0.1) is 36.4 Å². The zero-order valence-electron chi connectivity index (χ0n) is 18.5. The second-order valence-corrected chi connectivity index (χ2v) is 8.20. The molecule has 0 fully saturated rings. The molecule has 4 aromatic rings. The van der Waals surface area contributed by atoms with E-state index in [2.05, 4.69) is 0 Å². The third-order valence-corrected chi connectivity index (χ3v) is 5.92. The van der Waals surface area contributed by atoms with E-state index < -0.39 is 11.9 Å². The number of fused-ring (bicyclic) bond motifs is 2. The Kier molecular flexibility index (Phi) is 4.96. The first-order valence-corrected chi connectivity index (χ1v) is 10.8.